The number of hydrogen-bond donors (Lipinski definition) is 1. The monoisotopic (exact) mass is 350 g/mol. The number of rotatable bonds is 5. The smallest absolute Gasteiger partial charge is 0.146 e. The van der Waals surface area contributed by atoms with Gasteiger partial charge in [-0.25, -0.2) is 4.39 Å². The quantitative estimate of drug-likeness (QED) is 0.853. The molecule has 2 nitrogen and oxygen atoms in total. The summed E-state index contributed by atoms with van der Waals surface area (Å²) in [6, 6.07) is 13.4. The van der Waals surface area contributed by atoms with Gasteiger partial charge in [-0.1, -0.05) is 40.2 Å². The predicted octanol–water partition coefficient (Wildman–Crippen LogP) is 4.51. The van der Waals surface area contributed by atoms with E-state index < -0.39 is 0 Å². The molecule has 0 fully saturated rings. The van der Waals surface area contributed by atoms with Crippen LogP contribution in [0.4, 0.5) is 10.1 Å². The van der Waals surface area contributed by atoms with E-state index in [-0.39, 0.29) is 11.9 Å². The van der Waals surface area contributed by atoms with Crippen LogP contribution < -0.4 is 10.2 Å². The standard InChI is InChI=1S/C17H20BrFN2/c1-12(20-2)15-5-4-6-16(19)17(15)21(3)11-13-7-9-14(18)10-8-13/h4-10,12,20H,11H2,1-3H3. The Morgan fingerprint density at radius 2 is 1.86 bits per heavy atom. The molecule has 4 heteroatoms. The van der Waals surface area contributed by atoms with E-state index in [4.69, 9.17) is 0 Å². The molecule has 1 unspecified atom stereocenters. The first-order valence-electron chi connectivity index (χ1n) is 6.94. The van der Waals surface area contributed by atoms with Gasteiger partial charge >= 0.3 is 0 Å². The Hall–Kier alpha value is -1.39. The molecule has 0 aromatic heterocycles. The summed E-state index contributed by atoms with van der Waals surface area (Å²) in [5.74, 6) is -0.186. The van der Waals surface area contributed by atoms with Gasteiger partial charge in [0.25, 0.3) is 0 Å². The highest BCUT2D eigenvalue weighted by Gasteiger charge is 2.16. The topological polar surface area (TPSA) is 15.3 Å². The Balaban J connectivity index is 2.29. The lowest BCUT2D eigenvalue weighted by atomic mass is 10.0. The van der Waals surface area contributed by atoms with Gasteiger partial charge in [0.15, 0.2) is 0 Å². The summed E-state index contributed by atoms with van der Waals surface area (Å²) in [4.78, 5) is 1.96. The molecule has 2 aromatic rings. The molecule has 21 heavy (non-hydrogen) atoms. The minimum absolute atomic E-state index is 0.100. The average molecular weight is 351 g/mol. The van der Waals surface area contributed by atoms with Crippen LogP contribution in [-0.2, 0) is 6.54 Å². The van der Waals surface area contributed by atoms with Gasteiger partial charge < -0.3 is 10.2 Å². The first kappa shape index (κ1) is 16.0. The van der Waals surface area contributed by atoms with Gasteiger partial charge in [0, 0.05) is 24.1 Å². The molecule has 0 spiro atoms. The lowest BCUT2D eigenvalue weighted by Crippen LogP contribution is -2.22. The van der Waals surface area contributed by atoms with Gasteiger partial charge in [-0.05, 0) is 43.3 Å². The molecular weight excluding hydrogens is 331 g/mol. The highest BCUT2D eigenvalue weighted by molar-refractivity contribution is 9.10. The summed E-state index contributed by atoms with van der Waals surface area (Å²) in [5, 5.41) is 3.18. The fourth-order valence-electron chi connectivity index (χ4n) is 2.38. The largest absolute Gasteiger partial charge is 0.368 e. The normalized spacial score (nSPS) is 12.2. The van der Waals surface area contributed by atoms with Crippen LogP contribution in [0.2, 0.25) is 0 Å². The first-order chi connectivity index (χ1) is 10.0. The molecular formula is C17H20BrFN2. The van der Waals surface area contributed by atoms with E-state index in [9.17, 15) is 4.39 Å². The SMILES string of the molecule is CNC(C)c1cccc(F)c1N(C)Cc1ccc(Br)cc1. The highest BCUT2D eigenvalue weighted by Crippen LogP contribution is 2.29. The second-order valence-electron chi connectivity index (χ2n) is 5.17. The van der Waals surface area contributed by atoms with E-state index in [1.165, 1.54) is 6.07 Å². The third kappa shape index (κ3) is 3.83. The van der Waals surface area contributed by atoms with E-state index in [0.717, 1.165) is 15.6 Å². The van der Waals surface area contributed by atoms with Crippen LogP contribution in [0.5, 0.6) is 0 Å². The predicted molar refractivity (Wildman–Crippen MR) is 90.1 cm³/mol. The van der Waals surface area contributed by atoms with Crippen LogP contribution in [-0.4, -0.2) is 14.1 Å². The number of anilines is 1. The summed E-state index contributed by atoms with van der Waals surface area (Å²) in [6.45, 7) is 2.70. The zero-order valence-electron chi connectivity index (χ0n) is 12.5. The van der Waals surface area contributed by atoms with Crippen molar-refractivity contribution in [1.82, 2.24) is 5.32 Å². The zero-order valence-corrected chi connectivity index (χ0v) is 14.1. The van der Waals surface area contributed by atoms with Crippen molar-refractivity contribution in [3.8, 4) is 0 Å². The molecule has 1 N–H and O–H groups in total. The lowest BCUT2D eigenvalue weighted by molar-refractivity contribution is 0.602. The summed E-state index contributed by atoms with van der Waals surface area (Å²) in [7, 11) is 3.81. The van der Waals surface area contributed by atoms with E-state index >= 15 is 0 Å². The van der Waals surface area contributed by atoms with Crippen molar-refractivity contribution >= 4 is 21.6 Å². The van der Waals surface area contributed by atoms with E-state index in [2.05, 4.69) is 21.2 Å². The lowest BCUT2D eigenvalue weighted by Gasteiger charge is -2.25. The van der Waals surface area contributed by atoms with E-state index in [1.807, 2.05) is 56.3 Å². The van der Waals surface area contributed by atoms with E-state index in [1.54, 1.807) is 6.07 Å². The van der Waals surface area contributed by atoms with Gasteiger partial charge in [0.05, 0.1) is 5.69 Å². The van der Waals surface area contributed by atoms with Crippen molar-refractivity contribution in [2.24, 2.45) is 0 Å². The molecule has 0 saturated carbocycles. The Morgan fingerprint density at radius 3 is 2.48 bits per heavy atom. The van der Waals surface area contributed by atoms with Crippen molar-refractivity contribution in [1.29, 1.82) is 0 Å². The van der Waals surface area contributed by atoms with Crippen molar-refractivity contribution < 1.29 is 4.39 Å². The molecule has 1 atom stereocenters. The average Bonchev–Trinajstić information content (AvgIpc) is 2.48. The van der Waals surface area contributed by atoms with Gasteiger partial charge in [0.1, 0.15) is 5.82 Å². The molecule has 0 radical (unpaired) electrons. The molecule has 0 saturated heterocycles. The summed E-state index contributed by atoms with van der Waals surface area (Å²) >= 11 is 3.43. The van der Waals surface area contributed by atoms with Gasteiger partial charge in [-0.2, -0.15) is 0 Å². The van der Waals surface area contributed by atoms with Crippen LogP contribution in [0.1, 0.15) is 24.1 Å². The first-order valence-corrected chi connectivity index (χ1v) is 7.73. The van der Waals surface area contributed by atoms with Crippen molar-refractivity contribution in [2.75, 3.05) is 19.0 Å². The molecule has 0 aliphatic carbocycles. The maximum Gasteiger partial charge on any atom is 0.146 e. The van der Waals surface area contributed by atoms with Gasteiger partial charge in [-0.15, -0.1) is 0 Å². The van der Waals surface area contributed by atoms with Crippen LogP contribution in [0.3, 0.4) is 0 Å². The molecule has 0 bridgehead atoms. The Morgan fingerprint density at radius 1 is 1.19 bits per heavy atom. The number of halogens is 2. The Kier molecular flexibility index (Phi) is 5.37. The Bertz CT molecular complexity index is 598. The number of para-hydroxylation sites is 1. The number of benzene rings is 2. The molecule has 0 heterocycles. The maximum atomic E-state index is 14.3. The van der Waals surface area contributed by atoms with Crippen LogP contribution in [0.15, 0.2) is 46.9 Å². The number of hydrogen-bond acceptors (Lipinski definition) is 2. The molecule has 2 rings (SSSR count). The molecule has 112 valence electrons. The van der Waals surface area contributed by atoms with Crippen LogP contribution >= 0.6 is 15.9 Å². The Labute approximate surface area is 134 Å². The summed E-state index contributed by atoms with van der Waals surface area (Å²) in [5.41, 5.74) is 2.77. The minimum atomic E-state index is -0.186. The second kappa shape index (κ2) is 7.05. The molecule has 0 aliphatic heterocycles. The maximum absolute atomic E-state index is 14.3. The summed E-state index contributed by atoms with van der Waals surface area (Å²) < 4.78 is 15.3. The third-order valence-electron chi connectivity index (χ3n) is 3.63. The molecule has 0 aliphatic rings. The van der Waals surface area contributed by atoms with Crippen molar-refractivity contribution in [2.45, 2.75) is 19.5 Å². The van der Waals surface area contributed by atoms with Crippen LogP contribution in [0.25, 0.3) is 0 Å². The van der Waals surface area contributed by atoms with Gasteiger partial charge in [-0.3, -0.25) is 0 Å². The van der Waals surface area contributed by atoms with Crippen molar-refractivity contribution in [3.05, 3.63) is 63.9 Å². The van der Waals surface area contributed by atoms with E-state index in [0.29, 0.717) is 12.2 Å². The van der Waals surface area contributed by atoms with Crippen molar-refractivity contribution in [3.63, 3.8) is 0 Å². The fraction of sp³-hybridized carbons (Fsp3) is 0.294. The molecule has 2 aromatic carbocycles. The summed E-state index contributed by atoms with van der Waals surface area (Å²) in [6.07, 6.45) is 0. The number of nitrogens with one attached hydrogen (secondary N) is 1. The molecule has 0 amide bonds. The second-order valence-corrected chi connectivity index (χ2v) is 6.09. The third-order valence-corrected chi connectivity index (χ3v) is 4.16. The number of nitrogens with zero attached hydrogens (tertiary/aromatic N) is 1. The zero-order chi connectivity index (χ0) is 15.4. The van der Waals surface area contributed by atoms with Gasteiger partial charge in [0.2, 0.25) is 0 Å². The van der Waals surface area contributed by atoms with Crippen LogP contribution in [0, 0.1) is 5.82 Å². The fourth-order valence-corrected chi connectivity index (χ4v) is 2.65. The minimum Gasteiger partial charge on any atom is -0.368 e. The highest BCUT2D eigenvalue weighted by atomic mass is 79.9.